The maximum atomic E-state index is 11.0. The van der Waals surface area contributed by atoms with Crippen LogP contribution < -0.4 is 4.74 Å². The maximum Gasteiger partial charge on any atom is 0.511 e. The highest BCUT2D eigenvalue weighted by Crippen LogP contribution is 2.28. The lowest BCUT2D eigenvalue weighted by atomic mass is 10.1. The zero-order chi connectivity index (χ0) is 23.8. The summed E-state index contributed by atoms with van der Waals surface area (Å²) in [7, 11) is 0. The molecule has 0 unspecified atom stereocenters. The number of carboxylic acid groups (broad SMARTS) is 1. The average molecular weight is 457 g/mol. The van der Waals surface area contributed by atoms with Gasteiger partial charge in [0.25, 0.3) is 0 Å². The smallest absolute Gasteiger partial charge is 0.449 e. The Bertz CT molecular complexity index is 1220. The van der Waals surface area contributed by atoms with Gasteiger partial charge in [-0.15, -0.1) is 0 Å². The van der Waals surface area contributed by atoms with E-state index in [2.05, 4.69) is 36.2 Å². The van der Waals surface area contributed by atoms with E-state index >= 15 is 0 Å². The second-order valence-corrected chi connectivity index (χ2v) is 8.11. The molecular formula is C27H28N4O3. The molecule has 0 aliphatic rings. The zero-order valence-corrected chi connectivity index (χ0v) is 19.2. The van der Waals surface area contributed by atoms with Gasteiger partial charge in [-0.1, -0.05) is 67.9 Å². The van der Waals surface area contributed by atoms with E-state index in [0.29, 0.717) is 12.2 Å². The number of ether oxygens (including phenoxy) is 1. The predicted octanol–water partition coefficient (Wildman–Crippen LogP) is 5.57. The number of rotatable bonds is 10. The van der Waals surface area contributed by atoms with Crippen molar-refractivity contribution in [1.82, 2.24) is 19.7 Å². The third kappa shape index (κ3) is 6.07. The molecule has 34 heavy (non-hydrogen) atoms. The van der Waals surface area contributed by atoms with Crippen LogP contribution in [0, 0.1) is 0 Å². The molecule has 7 heteroatoms. The Morgan fingerprint density at radius 1 is 0.941 bits per heavy atom. The topological polar surface area (TPSA) is 90.1 Å². The second-order valence-electron chi connectivity index (χ2n) is 8.11. The fourth-order valence-electron chi connectivity index (χ4n) is 3.80. The lowest BCUT2D eigenvalue weighted by Gasteiger charge is -2.09. The standard InChI is InChI=1S/C27H28N4O3/c1-2-3-11-25-29-24(17-14-20-8-5-4-6-9-20)30-31(25)19-21-12-15-22(16-13-21)26-23(34-27(32)33)10-7-18-28-26/h4-10,12-13,15-16,18H,2-3,11,14,17,19H2,1H3,(H,32,33). The van der Waals surface area contributed by atoms with Gasteiger partial charge in [-0.25, -0.2) is 14.5 Å². The first-order chi connectivity index (χ1) is 16.6. The maximum absolute atomic E-state index is 11.0. The molecule has 0 amide bonds. The molecule has 2 aromatic heterocycles. The van der Waals surface area contributed by atoms with E-state index in [0.717, 1.165) is 54.9 Å². The number of hydrogen-bond donors (Lipinski definition) is 1. The highest BCUT2D eigenvalue weighted by atomic mass is 16.7. The molecule has 4 aromatic rings. The fourth-order valence-corrected chi connectivity index (χ4v) is 3.80. The molecule has 0 fully saturated rings. The molecular weight excluding hydrogens is 428 g/mol. The van der Waals surface area contributed by atoms with Crippen molar-refractivity contribution < 1.29 is 14.6 Å². The van der Waals surface area contributed by atoms with E-state index in [1.54, 1.807) is 18.3 Å². The van der Waals surface area contributed by atoms with Gasteiger partial charge in [-0.05, 0) is 36.1 Å². The molecule has 1 N–H and O–H groups in total. The van der Waals surface area contributed by atoms with Gasteiger partial charge in [0, 0.05) is 24.6 Å². The third-order valence-corrected chi connectivity index (χ3v) is 5.55. The van der Waals surface area contributed by atoms with Gasteiger partial charge >= 0.3 is 6.16 Å². The van der Waals surface area contributed by atoms with Crippen LogP contribution in [0.3, 0.4) is 0 Å². The van der Waals surface area contributed by atoms with Crippen LogP contribution in [0.1, 0.15) is 42.5 Å². The predicted molar refractivity (Wildman–Crippen MR) is 130 cm³/mol. The van der Waals surface area contributed by atoms with Crippen LogP contribution in [-0.2, 0) is 25.8 Å². The van der Waals surface area contributed by atoms with Crippen molar-refractivity contribution in [3.8, 4) is 17.0 Å². The highest BCUT2D eigenvalue weighted by Gasteiger charge is 2.13. The van der Waals surface area contributed by atoms with Gasteiger partial charge in [0.1, 0.15) is 11.5 Å². The van der Waals surface area contributed by atoms with Crippen molar-refractivity contribution >= 4 is 6.16 Å². The summed E-state index contributed by atoms with van der Waals surface area (Å²) in [5.41, 5.74) is 3.64. The fraction of sp³-hybridized carbons (Fsp3) is 0.259. The Hall–Kier alpha value is -4.00. The SMILES string of the molecule is CCCCc1nc(CCc2ccccc2)nn1Cc1ccc(-c2ncccc2OC(=O)O)cc1. The molecule has 0 bridgehead atoms. The van der Waals surface area contributed by atoms with Gasteiger partial charge in [0.05, 0.1) is 6.54 Å². The Kier molecular flexibility index (Phi) is 7.65. The number of benzene rings is 2. The Morgan fingerprint density at radius 2 is 1.74 bits per heavy atom. The monoisotopic (exact) mass is 456 g/mol. The number of carbonyl (C=O) groups is 1. The minimum absolute atomic E-state index is 0.212. The van der Waals surface area contributed by atoms with Crippen molar-refractivity contribution in [1.29, 1.82) is 0 Å². The van der Waals surface area contributed by atoms with Gasteiger partial charge in [-0.3, -0.25) is 4.98 Å². The Labute approximate surface area is 199 Å². The van der Waals surface area contributed by atoms with Crippen molar-refractivity contribution in [3.63, 3.8) is 0 Å². The van der Waals surface area contributed by atoms with E-state index in [1.807, 2.05) is 35.0 Å². The van der Waals surface area contributed by atoms with Crippen LogP contribution in [0.5, 0.6) is 5.75 Å². The molecule has 0 atom stereocenters. The molecule has 0 aliphatic heterocycles. The van der Waals surface area contributed by atoms with E-state index < -0.39 is 6.16 Å². The van der Waals surface area contributed by atoms with Crippen LogP contribution in [0.25, 0.3) is 11.3 Å². The van der Waals surface area contributed by atoms with Crippen molar-refractivity contribution in [2.45, 2.75) is 45.6 Å². The van der Waals surface area contributed by atoms with Crippen LogP contribution >= 0.6 is 0 Å². The lowest BCUT2D eigenvalue weighted by molar-refractivity contribution is 0.144. The first kappa shape index (κ1) is 23.2. The van der Waals surface area contributed by atoms with Crippen LogP contribution in [-0.4, -0.2) is 31.0 Å². The van der Waals surface area contributed by atoms with Gasteiger partial charge in [0.15, 0.2) is 11.6 Å². The Morgan fingerprint density at radius 3 is 2.47 bits per heavy atom. The molecule has 0 radical (unpaired) electrons. The quantitative estimate of drug-likeness (QED) is 0.314. The summed E-state index contributed by atoms with van der Waals surface area (Å²) in [4.78, 5) is 20.1. The Balaban J connectivity index is 1.50. The van der Waals surface area contributed by atoms with Crippen molar-refractivity contribution in [3.05, 3.63) is 95.7 Å². The van der Waals surface area contributed by atoms with Gasteiger partial charge in [0.2, 0.25) is 0 Å². The number of nitrogens with zero attached hydrogens (tertiary/aromatic N) is 4. The molecule has 0 saturated heterocycles. The van der Waals surface area contributed by atoms with E-state index in [1.165, 1.54) is 5.56 Å². The molecule has 0 saturated carbocycles. The lowest BCUT2D eigenvalue weighted by Crippen LogP contribution is -2.07. The first-order valence-corrected chi connectivity index (χ1v) is 11.5. The van der Waals surface area contributed by atoms with Crippen LogP contribution in [0.2, 0.25) is 0 Å². The van der Waals surface area contributed by atoms with E-state index in [-0.39, 0.29) is 5.75 Å². The first-order valence-electron chi connectivity index (χ1n) is 11.5. The normalized spacial score (nSPS) is 10.9. The summed E-state index contributed by atoms with van der Waals surface area (Å²) >= 11 is 0. The largest absolute Gasteiger partial charge is 0.511 e. The number of aryl methyl sites for hydroxylation is 3. The average Bonchev–Trinajstić information content (AvgIpc) is 3.24. The number of aromatic nitrogens is 4. The summed E-state index contributed by atoms with van der Waals surface area (Å²) in [5, 5.41) is 13.8. The second kappa shape index (κ2) is 11.2. The summed E-state index contributed by atoms with van der Waals surface area (Å²) in [5.74, 6) is 2.09. The third-order valence-electron chi connectivity index (χ3n) is 5.55. The molecule has 174 valence electrons. The van der Waals surface area contributed by atoms with Crippen molar-refractivity contribution in [2.24, 2.45) is 0 Å². The molecule has 2 aromatic carbocycles. The molecule has 0 spiro atoms. The van der Waals surface area contributed by atoms with E-state index in [4.69, 9.17) is 19.9 Å². The number of pyridine rings is 1. The van der Waals surface area contributed by atoms with E-state index in [9.17, 15) is 4.79 Å². The molecule has 0 aliphatic carbocycles. The molecule has 7 nitrogen and oxygen atoms in total. The summed E-state index contributed by atoms with van der Waals surface area (Å²) < 4.78 is 6.87. The van der Waals surface area contributed by atoms with Crippen LogP contribution in [0.4, 0.5) is 4.79 Å². The van der Waals surface area contributed by atoms with Crippen molar-refractivity contribution in [2.75, 3.05) is 0 Å². The number of unbranched alkanes of at least 4 members (excludes halogenated alkanes) is 1. The highest BCUT2D eigenvalue weighted by molar-refractivity contribution is 5.71. The van der Waals surface area contributed by atoms with Gasteiger partial charge < -0.3 is 9.84 Å². The minimum atomic E-state index is -1.36. The molecule has 2 heterocycles. The summed E-state index contributed by atoms with van der Waals surface area (Å²) in [6.07, 6.45) is 5.05. The summed E-state index contributed by atoms with van der Waals surface area (Å²) in [6.45, 7) is 2.80. The minimum Gasteiger partial charge on any atom is -0.449 e. The molecule has 4 rings (SSSR count). The number of hydrogen-bond acceptors (Lipinski definition) is 5. The summed E-state index contributed by atoms with van der Waals surface area (Å²) in [6, 6.07) is 21.5. The zero-order valence-electron chi connectivity index (χ0n) is 19.2. The van der Waals surface area contributed by atoms with Gasteiger partial charge in [-0.2, -0.15) is 5.10 Å². The van der Waals surface area contributed by atoms with Crippen LogP contribution in [0.15, 0.2) is 72.9 Å².